The van der Waals surface area contributed by atoms with Crippen LogP contribution in [0.15, 0.2) is 51.0 Å². The number of anilines is 1. The molecule has 0 radical (unpaired) electrons. The zero-order chi connectivity index (χ0) is 19.0. The third-order valence-corrected chi connectivity index (χ3v) is 6.17. The maximum atomic E-state index is 12.8. The molecule has 0 bridgehead atoms. The van der Waals surface area contributed by atoms with Crippen LogP contribution in [0.2, 0.25) is 0 Å². The Hall–Kier alpha value is -2.36. The minimum Gasteiger partial charge on any atom is -0.324 e. The highest BCUT2D eigenvalue weighted by atomic mass is 79.9. The van der Waals surface area contributed by atoms with Gasteiger partial charge < -0.3 is 5.32 Å². The molecular weight excluding hydrogens is 448 g/mol. The Labute approximate surface area is 170 Å². The third-order valence-electron chi connectivity index (χ3n) is 3.78. The van der Waals surface area contributed by atoms with Crippen LogP contribution >= 0.6 is 38.6 Å². The number of nitrogens with one attached hydrogen (secondary N) is 1. The quantitative estimate of drug-likeness (QED) is 0.492. The Balaban J connectivity index is 1.71. The van der Waals surface area contributed by atoms with Gasteiger partial charge >= 0.3 is 0 Å². The fraction of sp³-hybridized carbons (Fsp3) is 0.111. The van der Waals surface area contributed by atoms with Crippen molar-refractivity contribution in [2.24, 2.45) is 0 Å². The van der Waals surface area contributed by atoms with Gasteiger partial charge in [-0.05, 0) is 42.6 Å². The highest BCUT2D eigenvalue weighted by molar-refractivity contribution is 9.10. The average Bonchev–Trinajstić information content (AvgIpc) is 3.29. The van der Waals surface area contributed by atoms with Crippen molar-refractivity contribution < 1.29 is 4.79 Å². The van der Waals surface area contributed by atoms with Crippen molar-refractivity contribution >= 4 is 60.4 Å². The third kappa shape index (κ3) is 3.71. The number of fused-ring (bicyclic) bond motifs is 1. The van der Waals surface area contributed by atoms with Gasteiger partial charge in [-0.1, -0.05) is 22.0 Å². The lowest BCUT2D eigenvalue weighted by atomic mass is 10.3. The molecule has 0 atom stereocenters. The van der Waals surface area contributed by atoms with Crippen molar-refractivity contribution in [1.82, 2.24) is 14.8 Å². The van der Waals surface area contributed by atoms with Gasteiger partial charge in [0.05, 0.1) is 14.6 Å². The van der Waals surface area contributed by atoms with Gasteiger partial charge in [-0.2, -0.15) is 5.10 Å². The smallest absolute Gasteiger partial charge is 0.294 e. The molecular formula is C18H13BrN4O2S2. The summed E-state index contributed by atoms with van der Waals surface area (Å²) in [6.07, 6.45) is 0. The van der Waals surface area contributed by atoms with Crippen LogP contribution in [0.1, 0.15) is 5.01 Å². The number of thiazole rings is 1. The molecule has 0 spiro atoms. The fourth-order valence-electron chi connectivity index (χ4n) is 2.62. The lowest BCUT2D eigenvalue weighted by Crippen LogP contribution is -2.30. The van der Waals surface area contributed by atoms with Crippen LogP contribution in [0.3, 0.4) is 0 Å². The van der Waals surface area contributed by atoms with Gasteiger partial charge in [-0.15, -0.1) is 22.7 Å². The van der Waals surface area contributed by atoms with E-state index in [4.69, 9.17) is 0 Å². The van der Waals surface area contributed by atoms with Crippen LogP contribution in [0.25, 0.3) is 20.8 Å². The molecule has 27 heavy (non-hydrogen) atoms. The molecule has 0 saturated carbocycles. The van der Waals surface area contributed by atoms with Gasteiger partial charge in [-0.25, -0.2) is 9.67 Å². The van der Waals surface area contributed by atoms with E-state index in [0.29, 0.717) is 16.9 Å². The van der Waals surface area contributed by atoms with E-state index in [2.05, 4.69) is 31.3 Å². The van der Waals surface area contributed by atoms with E-state index < -0.39 is 0 Å². The van der Waals surface area contributed by atoms with Crippen LogP contribution in [0, 0.1) is 6.92 Å². The Morgan fingerprint density at radius 1 is 1.26 bits per heavy atom. The van der Waals surface area contributed by atoms with Gasteiger partial charge in [0.1, 0.15) is 12.2 Å². The second-order valence-corrected chi connectivity index (χ2v) is 8.82. The molecule has 9 heteroatoms. The van der Waals surface area contributed by atoms with Crippen LogP contribution in [-0.2, 0) is 11.3 Å². The molecule has 1 aromatic carbocycles. The number of amides is 1. The lowest BCUT2D eigenvalue weighted by Gasteiger charge is -2.08. The highest BCUT2D eigenvalue weighted by Crippen LogP contribution is 2.31. The topological polar surface area (TPSA) is 76.9 Å². The molecule has 0 saturated heterocycles. The number of halogens is 1. The van der Waals surface area contributed by atoms with E-state index in [-0.39, 0.29) is 18.0 Å². The van der Waals surface area contributed by atoms with Crippen LogP contribution in [0.5, 0.6) is 0 Å². The first kappa shape index (κ1) is 18.0. The lowest BCUT2D eigenvalue weighted by molar-refractivity contribution is -0.117. The second kappa shape index (κ2) is 7.34. The van der Waals surface area contributed by atoms with Crippen molar-refractivity contribution in [3.63, 3.8) is 0 Å². The number of nitrogens with zero attached hydrogens (tertiary/aromatic N) is 3. The number of aromatic nitrogens is 3. The first-order valence-corrected chi connectivity index (χ1v) is 10.5. The van der Waals surface area contributed by atoms with Gasteiger partial charge in [0, 0.05) is 10.2 Å². The molecule has 4 rings (SSSR count). The predicted molar refractivity (Wildman–Crippen MR) is 112 cm³/mol. The summed E-state index contributed by atoms with van der Waals surface area (Å²) in [6.45, 7) is 1.67. The van der Waals surface area contributed by atoms with Crippen molar-refractivity contribution in [1.29, 1.82) is 0 Å². The number of carbonyl (C=O) groups is 1. The highest BCUT2D eigenvalue weighted by Gasteiger charge is 2.18. The summed E-state index contributed by atoms with van der Waals surface area (Å²) in [5, 5.41) is 9.99. The fourth-order valence-corrected chi connectivity index (χ4v) is 4.57. The van der Waals surface area contributed by atoms with Gasteiger partial charge in [0.2, 0.25) is 5.91 Å². The molecule has 0 aliphatic carbocycles. The standard InChI is InChI=1S/C18H13BrN4O2S2/c1-10-20-16-17(27-10)15(13-3-2-8-26-13)22-23(18(16)25)9-14(24)21-12-6-4-11(19)5-7-12/h2-8H,9H2,1H3,(H,21,24). The summed E-state index contributed by atoms with van der Waals surface area (Å²) >= 11 is 6.32. The molecule has 1 amide bonds. The van der Waals surface area contributed by atoms with Crippen molar-refractivity contribution in [2.45, 2.75) is 13.5 Å². The first-order chi connectivity index (χ1) is 13.0. The summed E-state index contributed by atoms with van der Waals surface area (Å²) in [5.74, 6) is -0.324. The average molecular weight is 461 g/mol. The maximum Gasteiger partial charge on any atom is 0.294 e. The van der Waals surface area contributed by atoms with Gasteiger partial charge in [0.15, 0.2) is 5.52 Å². The van der Waals surface area contributed by atoms with Crippen molar-refractivity contribution in [3.05, 3.63) is 61.6 Å². The zero-order valence-corrected chi connectivity index (χ0v) is 17.3. The molecule has 136 valence electrons. The summed E-state index contributed by atoms with van der Waals surface area (Å²) in [6, 6.07) is 11.1. The number of hydrogen-bond donors (Lipinski definition) is 1. The van der Waals surface area contributed by atoms with Crippen LogP contribution < -0.4 is 10.9 Å². The van der Waals surface area contributed by atoms with Gasteiger partial charge in [0.25, 0.3) is 5.56 Å². The summed E-state index contributed by atoms with van der Waals surface area (Å²) < 4.78 is 2.86. The molecule has 3 aromatic heterocycles. The SMILES string of the molecule is Cc1nc2c(=O)n(CC(=O)Nc3ccc(Br)cc3)nc(-c3cccs3)c2s1. The normalized spacial score (nSPS) is 11.0. The number of benzene rings is 1. The van der Waals surface area contributed by atoms with Crippen LogP contribution in [-0.4, -0.2) is 20.7 Å². The summed E-state index contributed by atoms with van der Waals surface area (Å²) in [5.41, 5.74) is 1.33. The number of carbonyl (C=O) groups excluding carboxylic acids is 1. The van der Waals surface area contributed by atoms with E-state index in [1.54, 1.807) is 12.1 Å². The summed E-state index contributed by atoms with van der Waals surface area (Å²) in [7, 11) is 0. The summed E-state index contributed by atoms with van der Waals surface area (Å²) in [4.78, 5) is 30.5. The monoisotopic (exact) mass is 460 g/mol. The molecule has 1 N–H and O–H groups in total. The molecule has 0 aliphatic heterocycles. The van der Waals surface area contributed by atoms with E-state index in [1.807, 2.05) is 36.6 Å². The van der Waals surface area contributed by atoms with Gasteiger partial charge in [-0.3, -0.25) is 9.59 Å². The van der Waals surface area contributed by atoms with Crippen molar-refractivity contribution in [2.75, 3.05) is 5.32 Å². The predicted octanol–water partition coefficient (Wildman–Crippen LogP) is 4.29. The maximum absolute atomic E-state index is 12.8. The Morgan fingerprint density at radius 3 is 2.74 bits per heavy atom. The van der Waals surface area contributed by atoms with E-state index >= 15 is 0 Å². The zero-order valence-electron chi connectivity index (χ0n) is 14.1. The Bertz CT molecular complexity index is 1180. The first-order valence-electron chi connectivity index (χ1n) is 7.99. The molecule has 6 nitrogen and oxygen atoms in total. The number of rotatable bonds is 4. The molecule has 3 heterocycles. The van der Waals surface area contributed by atoms with Crippen LogP contribution in [0.4, 0.5) is 5.69 Å². The largest absolute Gasteiger partial charge is 0.324 e. The molecule has 0 fully saturated rings. The Kier molecular flexibility index (Phi) is 4.90. The Morgan fingerprint density at radius 2 is 2.04 bits per heavy atom. The molecule has 0 unspecified atom stereocenters. The van der Waals surface area contributed by atoms with E-state index in [1.165, 1.54) is 27.4 Å². The number of hydrogen-bond acceptors (Lipinski definition) is 6. The van der Waals surface area contributed by atoms with E-state index in [0.717, 1.165) is 19.1 Å². The second-order valence-electron chi connectivity index (χ2n) is 5.75. The minimum absolute atomic E-state index is 0.181. The minimum atomic E-state index is -0.361. The van der Waals surface area contributed by atoms with Crippen molar-refractivity contribution in [3.8, 4) is 10.6 Å². The number of aryl methyl sites for hydroxylation is 1. The molecule has 0 aliphatic rings. The van der Waals surface area contributed by atoms with E-state index in [9.17, 15) is 9.59 Å². The number of thiophene rings is 1. The molecule has 4 aromatic rings.